The highest BCUT2D eigenvalue weighted by Crippen LogP contribution is 2.38. The van der Waals surface area contributed by atoms with Crippen LogP contribution in [-0.2, 0) is 28.7 Å². The van der Waals surface area contributed by atoms with Gasteiger partial charge in [-0.15, -0.1) is 0 Å². The van der Waals surface area contributed by atoms with E-state index in [4.69, 9.17) is 4.74 Å². The van der Waals surface area contributed by atoms with Gasteiger partial charge in [0.15, 0.2) is 5.78 Å². The Morgan fingerprint density at radius 3 is 2.19 bits per heavy atom. The van der Waals surface area contributed by atoms with E-state index in [0.717, 1.165) is 7.11 Å². The van der Waals surface area contributed by atoms with Crippen LogP contribution in [0.2, 0.25) is 0 Å². The van der Waals surface area contributed by atoms with Crippen LogP contribution < -0.4 is 0 Å². The molecule has 0 N–H and O–H groups in total. The van der Waals surface area contributed by atoms with Crippen molar-refractivity contribution in [1.82, 2.24) is 0 Å². The zero-order chi connectivity index (χ0) is 16.4. The number of hydrogen-bond acceptors (Lipinski definition) is 6. The fourth-order valence-corrected chi connectivity index (χ4v) is 2.56. The average molecular weight is 298 g/mol. The van der Waals surface area contributed by atoms with Crippen molar-refractivity contribution in [2.75, 3.05) is 7.11 Å². The summed E-state index contributed by atoms with van der Waals surface area (Å²) in [6.45, 7) is 7.29. The molecule has 1 saturated heterocycles. The van der Waals surface area contributed by atoms with Gasteiger partial charge in [0.05, 0.1) is 13.0 Å². The number of cyclic esters (lactones) is 1. The molecule has 21 heavy (non-hydrogen) atoms. The van der Waals surface area contributed by atoms with Gasteiger partial charge >= 0.3 is 11.9 Å². The Balaban J connectivity index is 3.32. The van der Waals surface area contributed by atoms with Crippen LogP contribution in [0.5, 0.6) is 0 Å². The number of rotatable bonds is 6. The quantitative estimate of drug-likeness (QED) is 0.417. The molecule has 118 valence electrons. The third-order valence-electron chi connectivity index (χ3n) is 3.47. The summed E-state index contributed by atoms with van der Waals surface area (Å²) in [5.74, 6) is -4.64. The van der Waals surface area contributed by atoms with Gasteiger partial charge in [-0.3, -0.25) is 9.59 Å². The number of esters is 2. The number of carbonyl (C=O) groups excluding carboxylic acids is 4. The second-order valence-electron chi connectivity index (χ2n) is 6.18. The van der Waals surface area contributed by atoms with Gasteiger partial charge in [0.25, 0.3) is 5.60 Å². The summed E-state index contributed by atoms with van der Waals surface area (Å²) < 4.78 is 9.64. The standard InChI is InChI=1S/C15H22O6/c1-8(2)6-10-12(17)13(18)21-15(10,14(19)20-5)11(16)7-9(3)4/h8-10H,6-7H2,1-5H3. The Morgan fingerprint density at radius 1 is 1.19 bits per heavy atom. The molecule has 6 nitrogen and oxygen atoms in total. The highest BCUT2D eigenvalue weighted by atomic mass is 16.6. The number of methoxy groups -OCH3 is 1. The molecule has 0 radical (unpaired) electrons. The minimum Gasteiger partial charge on any atom is -0.466 e. The van der Waals surface area contributed by atoms with Crippen LogP contribution in [0.25, 0.3) is 0 Å². The van der Waals surface area contributed by atoms with E-state index in [2.05, 4.69) is 4.74 Å². The van der Waals surface area contributed by atoms with Crippen molar-refractivity contribution in [3.05, 3.63) is 0 Å². The van der Waals surface area contributed by atoms with Crippen LogP contribution in [0.3, 0.4) is 0 Å². The molecule has 2 unspecified atom stereocenters. The number of ketones is 2. The highest BCUT2D eigenvalue weighted by Gasteiger charge is 2.65. The first-order chi connectivity index (χ1) is 9.66. The second kappa shape index (κ2) is 6.37. The Hall–Kier alpha value is -1.72. The van der Waals surface area contributed by atoms with Crippen molar-refractivity contribution < 1.29 is 28.7 Å². The lowest BCUT2D eigenvalue weighted by molar-refractivity contribution is -0.180. The van der Waals surface area contributed by atoms with E-state index in [1.54, 1.807) is 13.8 Å². The molecule has 0 aromatic rings. The van der Waals surface area contributed by atoms with Gasteiger partial charge in [0.1, 0.15) is 0 Å². The van der Waals surface area contributed by atoms with E-state index < -0.39 is 35.0 Å². The smallest absolute Gasteiger partial charge is 0.376 e. The molecule has 1 rings (SSSR count). The number of carbonyl (C=O) groups is 4. The average Bonchev–Trinajstić information content (AvgIpc) is 2.62. The molecule has 0 bridgehead atoms. The number of hydrogen-bond donors (Lipinski definition) is 0. The molecule has 0 spiro atoms. The molecular formula is C15H22O6. The van der Waals surface area contributed by atoms with Crippen molar-refractivity contribution >= 4 is 23.5 Å². The molecule has 1 fully saturated rings. The molecule has 6 heteroatoms. The predicted molar refractivity (Wildman–Crippen MR) is 73.3 cm³/mol. The van der Waals surface area contributed by atoms with Crippen LogP contribution in [0, 0.1) is 17.8 Å². The summed E-state index contributed by atoms with van der Waals surface area (Å²) in [6, 6.07) is 0. The third-order valence-corrected chi connectivity index (χ3v) is 3.47. The molecular weight excluding hydrogens is 276 g/mol. The topological polar surface area (TPSA) is 86.7 Å². The number of ether oxygens (including phenoxy) is 2. The van der Waals surface area contributed by atoms with Gasteiger partial charge in [-0.2, -0.15) is 0 Å². The highest BCUT2D eigenvalue weighted by molar-refractivity contribution is 6.40. The lowest BCUT2D eigenvalue weighted by Crippen LogP contribution is -2.53. The zero-order valence-corrected chi connectivity index (χ0v) is 13.1. The molecule has 2 atom stereocenters. The normalized spacial score (nSPS) is 25.4. The van der Waals surface area contributed by atoms with E-state index in [0.29, 0.717) is 0 Å². The molecule has 0 aromatic carbocycles. The van der Waals surface area contributed by atoms with Crippen molar-refractivity contribution in [2.24, 2.45) is 17.8 Å². The van der Waals surface area contributed by atoms with Crippen molar-refractivity contribution in [1.29, 1.82) is 0 Å². The maximum atomic E-state index is 12.5. The van der Waals surface area contributed by atoms with Crippen LogP contribution in [0.1, 0.15) is 40.5 Å². The minimum atomic E-state index is -2.11. The van der Waals surface area contributed by atoms with Crippen LogP contribution in [0.4, 0.5) is 0 Å². The van der Waals surface area contributed by atoms with Crippen LogP contribution in [0.15, 0.2) is 0 Å². The van der Waals surface area contributed by atoms with Crippen molar-refractivity contribution in [2.45, 2.75) is 46.1 Å². The first kappa shape index (κ1) is 17.3. The van der Waals surface area contributed by atoms with E-state index in [1.165, 1.54) is 0 Å². The zero-order valence-electron chi connectivity index (χ0n) is 13.1. The molecule has 1 aliphatic rings. The first-order valence-corrected chi connectivity index (χ1v) is 7.05. The molecule has 0 aromatic heterocycles. The molecule has 0 amide bonds. The fourth-order valence-electron chi connectivity index (χ4n) is 2.56. The van der Waals surface area contributed by atoms with Crippen LogP contribution in [-0.4, -0.2) is 36.2 Å². The summed E-state index contributed by atoms with van der Waals surface area (Å²) in [5, 5.41) is 0. The molecule has 0 aliphatic carbocycles. The summed E-state index contributed by atoms with van der Waals surface area (Å²) in [5.41, 5.74) is -2.11. The summed E-state index contributed by atoms with van der Waals surface area (Å²) in [4.78, 5) is 48.4. The van der Waals surface area contributed by atoms with E-state index in [1.807, 2.05) is 13.8 Å². The molecule has 0 saturated carbocycles. The summed E-state index contributed by atoms with van der Waals surface area (Å²) in [6.07, 6.45) is 0.244. The van der Waals surface area contributed by atoms with Gasteiger partial charge in [0.2, 0.25) is 5.78 Å². The van der Waals surface area contributed by atoms with Crippen molar-refractivity contribution in [3.63, 3.8) is 0 Å². The SMILES string of the molecule is COC(=O)C1(C(=O)CC(C)C)OC(=O)C(=O)C1CC(C)C. The van der Waals surface area contributed by atoms with Gasteiger partial charge < -0.3 is 9.47 Å². The first-order valence-electron chi connectivity index (χ1n) is 7.05. The van der Waals surface area contributed by atoms with Crippen LogP contribution >= 0.6 is 0 Å². The van der Waals surface area contributed by atoms with Gasteiger partial charge in [-0.05, 0) is 18.3 Å². The van der Waals surface area contributed by atoms with Gasteiger partial charge in [0, 0.05) is 6.42 Å². The van der Waals surface area contributed by atoms with E-state index >= 15 is 0 Å². The fraction of sp³-hybridized carbons (Fsp3) is 0.733. The van der Waals surface area contributed by atoms with E-state index in [-0.39, 0.29) is 24.7 Å². The van der Waals surface area contributed by atoms with E-state index in [9.17, 15) is 19.2 Å². The van der Waals surface area contributed by atoms with Gasteiger partial charge in [-0.25, -0.2) is 9.59 Å². The Labute approximate surface area is 124 Å². The Morgan fingerprint density at radius 2 is 1.76 bits per heavy atom. The van der Waals surface area contributed by atoms with Gasteiger partial charge in [-0.1, -0.05) is 27.7 Å². The largest absolute Gasteiger partial charge is 0.466 e. The number of Topliss-reactive ketones (excluding diaryl/α,β-unsaturated/α-hetero) is 2. The molecule has 1 aliphatic heterocycles. The Kier molecular flexibility index (Phi) is 5.25. The molecule has 1 heterocycles. The second-order valence-corrected chi connectivity index (χ2v) is 6.18. The minimum absolute atomic E-state index is 0.0179. The third kappa shape index (κ3) is 3.14. The maximum Gasteiger partial charge on any atom is 0.376 e. The predicted octanol–water partition coefficient (Wildman–Crippen LogP) is 1.30. The lowest BCUT2D eigenvalue weighted by atomic mass is 9.76. The van der Waals surface area contributed by atoms with Crippen molar-refractivity contribution in [3.8, 4) is 0 Å². The monoisotopic (exact) mass is 298 g/mol. The lowest BCUT2D eigenvalue weighted by Gasteiger charge is -2.29. The summed E-state index contributed by atoms with van der Waals surface area (Å²) in [7, 11) is 1.11. The summed E-state index contributed by atoms with van der Waals surface area (Å²) >= 11 is 0. The Bertz CT molecular complexity index is 465. The maximum absolute atomic E-state index is 12.5.